The number of hydrogen-bond donors (Lipinski definition) is 2. The third-order valence-electron chi connectivity index (χ3n) is 1.95. The summed E-state index contributed by atoms with van der Waals surface area (Å²) in [5.41, 5.74) is 5.52. The van der Waals surface area contributed by atoms with E-state index in [9.17, 15) is 0 Å². The molecule has 0 aliphatic heterocycles. The number of nitrogens with zero attached hydrogens (tertiary/aromatic N) is 3. The number of aromatic nitrogens is 3. The fourth-order valence-electron chi connectivity index (χ4n) is 1.12. The summed E-state index contributed by atoms with van der Waals surface area (Å²) in [7, 11) is 1.50. The zero-order valence-electron chi connectivity index (χ0n) is 9.73. The highest BCUT2D eigenvalue weighted by Gasteiger charge is 2.07. The second-order valence-electron chi connectivity index (χ2n) is 3.33. The van der Waals surface area contributed by atoms with Gasteiger partial charge in [0.15, 0.2) is 0 Å². The van der Waals surface area contributed by atoms with E-state index in [4.69, 9.17) is 10.5 Å². The van der Waals surface area contributed by atoms with Crippen LogP contribution in [0.1, 0.15) is 13.3 Å². The highest BCUT2D eigenvalue weighted by atomic mass is 32.2. The first-order chi connectivity index (χ1) is 7.65. The van der Waals surface area contributed by atoms with Crippen molar-refractivity contribution in [3.63, 3.8) is 0 Å². The summed E-state index contributed by atoms with van der Waals surface area (Å²) in [6.07, 6.45) is 3.12. The third kappa shape index (κ3) is 4.09. The Kier molecular flexibility index (Phi) is 5.10. The summed E-state index contributed by atoms with van der Waals surface area (Å²) >= 11 is 1.81. The number of anilines is 2. The van der Waals surface area contributed by atoms with E-state index >= 15 is 0 Å². The van der Waals surface area contributed by atoms with Crippen molar-refractivity contribution in [1.29, 1.82) is 0 Å². The SMILES string of the molecule is COc1nc(N)nc(NC(C)CCSC)n1. The normalized spacial score (nSPS) is 12.2. The number of thioether (sulfide) groups is 1. The van der Waals surface area contributed by atoms with Crippen LogP contribution in [0, 0.1) is 0 Å². The molecular weight excluding hydrogens is 226 g/mol. The molecular formula is C9H17N5OS. The molecule has 1 unspecified atom stereocenters. The predicted molar refractivity (Wildman–Crippen MR) is 66.9 cm³/mol. The molecule has 0 saturated carbocycles. The van der Waals surface area contributed by atoms with Crippen molar-refractivity contribution < 1.29 is 4.74 Å². The number of nitrogens with one attached hydrogen (secondary N) is 1. The largest absolute Gasteiger partial charge is 0.467 e. The summed E-state index contributed by atoms with van der Waals surface area (Å²) in [6.45, 7) is 2.07. The van der Waals surface area contributed by atoms with Crippen molar-refractivity contribution in [2.45, 2.75) is 19.4 Å². The lowest BCUT2D eigenvalue weighted by atomic mass is 10.3. The second kappa shape index (κ2) is 6.37. The summed E-state index contributed by atoms with van der Waals surface area (Å²) in [5.74, 6) is 1.70. The fourth-order valence-corrected chi connectivity index (χ4v) is 1.70. The first-order valence-corrected chi connectivity index (χ1v) is 6.36. The van der Waals surface area contributed by atoms with Crippen molar-refractivity contribution in [1.82, 2.24) is 15.0 Å². The molecule has 90 valence electrons. The van der Waals surface area contributed by atoms with Gasteiger partial charge in [-0.2, -0.15) is 26.7 Å². The smallest absolute Gasteiger partial charge is 0.322 e. The predicted octanol–water partition coefficient (Wildman–Crippen LogP) is 1.02. The Balaban J connectivity index is 2.61. The van der Waals surface area contributed by atoms with Crippen molar-refractivity contribution >= 4 is 23.7 Å². The Labute approximate surface area is 99.4 Å². The molecule has 0 saturated heterocycles. The first-order valence-electron chi connectivity index (χ1n) is 4.96. The highest BCUT2D eigenvalue weighted by Crippen LogP contribution is 2.10. The van der Waals surface area contributed by atoms with Gasteiger partial charge in [-0.3, -0.25) is 0 Å². The van der Waals surface area contributed by atoms with Gasteiger partial charge in [0.25, 0.3) is 0 Å². The van der Waals surface area contributed by atoms with Crippen LogP contribution in [0.2, 0.25) is 0 Å². The zero-order chi connectivity index (χ0) is 12.0. The van der Waals surface area contributed by atoms with Crippen LogP contribution >= 0.6 is 11.8 Å². The molecule has 0 fully saturated rings. The highest BCUT2D eigenvalue weighted by molar-refractivity contribution is 7.98. The molecule has 0 spiro atoms. The van der Waals surface area contributed by atoms with Gasteiger partial charge in [0.1, 0.15) is 0 Å². The van der Waals surface area contributed by atoms with Gasteiger partial charge >= 0.3 is 6.01 Å². The van der Waals surface area contributed by atoms with Crippen LogP contribution in [-0.4, -0.2) is 40.1 Å². The molecule has 1 rings (SSSR count). The zero-order valence-corrected chi connectivity index (χ0v) is 10.5. The van der Waals surface area contributed by atoms with E-state index in [0.29, 0.717) is 12.0 Å². The molecule has 1 aromatic heterocycles. The molecule has 1 atom stereocenters. The van der Waals surface area contributed by atoms with Crippen molar-refractivity contribution in [2.75, 3.05) is 30.2 Å². The van der Waals surface area contributed by atoms with Crippen LogP contribution in [0.25, 0.3) is 0 Å². The molecule has 0 amide bonds. The minimum absolute atomic E-state index is 0.159. The van der Waals surface area contributed by atoms with E-state index in [0.717, 1.165) is 12.2 Å². The number of ether oxygens (including phenoxy) is 1. The standard InChI is InChI=1S/C9H17N5OS/c1-6(4-5-16-3)11-8-12-7(10)13-9(14-8)15-2/h6H,4-5H2,1-3H3,(H3,10,11,12,13,14). The van der Waals surface area contributed by atoms with E-state index in [1.54, 1.807) is 0 Å². The van der Waals surface area contributed by atoms with Gasteiger partial charge in [-0.15, -0.1) is 0 Å². The molecule has 0 aliphatic carbocycles. The van der Waals surface area contributed by atoms with Gasteiger partial charge in [-0.05, 0) is 25.4 Å². The van der Waals surface area contributed by atoms with Gasteiger partial charge in [-0.25, -0.2) is 0 Å². The molecule has 3 N–H and O–H groups in total. The monoisotopic (exact) mass is 243 g/mol. The lowest BCUT2D eigenvalue weighted by molar-refractivity contribution is 0.379. The Bertz CT molecular complexity index is 336. The summed E-state index contributed by atoms with van der Waals surface area (Å²) in [6, 6.07) is 0.519. The Morgan fingerprint density at radius 2 is 2.19 bits per heavy atom. The number of methoxy groups -OCH3 is 1. The minimum Gasteiger partial charge on any atom is -0.467 e. The molecule has 0 aliphatic rings. The maximum absolute atomic E-state index is 5.52. The third-order valence-corrected chi connectivity index (χ3v) is 2.59. The molecule has 1 aromatic rings. The fraction of sp³-hybridized carbons (Fsp3) is 0.667. The van der Waals surface area contributed by atoms with Crippen molar-refractivity contribution in [3.8, 4) is 6.01 Å². The quantitative estimate of drug-likeness (QED) is 0.771. The lowest BCUT2D eigenvalue weighted by Crippen LogP contribution is -2.18. The summed E-state index contributed by atoms with van der Waals surface area (Å²) < 4.78 is 4.91. The molecule has 6 nitrogen and oxygen atoms in total. The lowest BCUT2D eigenvalue weighted by Gasteiger charge is -2.13. The van der Waals surface area contributed by atoms with E-state index < -0.39 is 0 Å². The van der Waals surface area contributed by atoms with Crippen molar-refractivity contribution in [3.05, 3.63) is 0 Å². The minimum atomic E-state index is 0.159. The van der Waals surface area contributed by atoms with Gasteiger partial charge < -0.3 is 15.8 Å². The van der Waals surface area contributed by atoms with E-state index in [-0.39, 0.29) is 12.0 Å². The van der Waals surface area contributed by atoms with E-state index in [1.165, 1.54) is 7.11 Å². The van der Waals surface area contributed by atoms with Crippen LogP contribution in [0.3, 0.4) is 0 Å². The maximum atomic E-state index is 5.52. The number of nitrogen functional groups attached to an aromatic ring is 1. The molecule has 1 heterocycles. The van der Waals surface area contributed by atoms with Gasteiger partial charge in [-0.1, -0.05) is 0 Å². The van der Waals surface area contributed by atoms with Crippen LogP contribution in [0.5, 0.6) is 6.01 Å². The van der Waals surface area contributed by atoms with E-state index in [1.807, 2.05) is 11.8 Å². The summed E-state index contributed by atoms with van der Waals surface area (Å²) in [5, 5.41) is 3.16. The first kappa shape index (κ1) is 12.8. The van der Waals surface area contributed by atoms with Crippen LogP contribution in [-0.2, 0) is 0 Å². The van der Waals surface area contributed by atoms with Gasteiger partial charge in [0, 0.05) is 6.04 Å². The maximum Gasteiger partial charge on any atom is 0.322 e. The number of rotatable bonds is 6. The second-order valence-corrected chi connectivity index (χ2v) is 4.32. The Hall–Kier alpha value is -1.24. The van der Waals surface area contributed by atoms with E-state index in [2.05, 4.69) is 33.4 Å². The van der Waals surface area contributed by atoms with Gasteiger partial charge in [0.05, 0.1) is 7.11 Å². The van der Waals surface area contributed by atoms with Gasteiger partial charge in [0.2, 0.25) is 11.9 Å². The molecule has 0 bridgehead atoms. The average molecular weight is 243 g/mol. The summed E-state index contributed by atoms with van der Waals surface area (Å²) in [4.78, 5) is 11.9. The van der Waals surface area contributed by atoms with Crippen LogP contribution < -0.4 is 15.8 Å². The Morgan fingerprint density at radius 1 is 1.44 bits per heavy atom. The van der Waals surface area contributed by atoms with Crippen LogP contribution in [0.4, 0.5) is 11.9 Å². The van der Waals surface area contributed by atoms with Crippen LogP contribution in [0.15, 0.2) is 0 Å². The topological polar surface area (TPSA) is 86.0 Å². The number of nitrogens with two attached hydrogens (primary N) is 1. The number of hydrogen-bond acceptors (Lipinski definition) is 7. The Morgan fingerprint density at radius 3 is 2.81 bits per heavy atom. The molecule has 16 heavy (non-hydrogen) atoms. The average Bonchev–Trinajstić information content (AvgIpc) is 2.25. The van der Waals surface area contributed by atoms with Crippen molar-refractivity contribution in [2.24, 2.45) is 0 Å². The molecule has 0 aromatic carbocycles. The molecule has 7 heteroatoms. The molecule has 0 radical (unpaired) electrons.